The molecule has 2 aromatic carbocycles. The van der Waals surface area contributed by atoms with E-state index in [4.69, 9.17) is 0 Å². The first-order valence-electron chi connectivity index (χ1n) is 10.8. The molecule has 1 aliphatic rings. The van der Waals surface area contributed by atoms with Crippen LogP contribution < -0.4 is 15.1 Å². The number of piperidine rings is 1. The van der Waals surface area contributed by atoms with Crippen molar-refractivity contribution in [2.24, 2.45) is 5.92 Å². The number of amides is 1. The van der Waals surface area contributed by atoms with Crippen molar-refractivity contribution in [1.82, 2.24) is 10.2 Å². The van der Waals surface area contributed by atoms with Crippen LogP contribution in [-0.2, 0) is 6.42 Å². The standard InChI is InChI=1S/C25H29N5O/c1-29(2)22-10-8-21(9-11-22)26-25(31)23-12-13-24(28-27-23)30-16-14-20(15-17-30)18-19-6-4-3-5-7-19/h3-13,20H,14-18H2,1-2H3,(H,26,31). The number of hydrogen-bond donors (Lipinski definition) is 1. The molecule has 1 amide bonds. The molecular weight excluding hydrogens is 386 g/mol. The lowest BCUT2D eigenvalue weighted by molar-refractivity contribution is 0.102. The first-order valence-corrected chi connectivity index (χ1v) is 10.8. The molecule has 0 unspecified atom stereocenters. The van der Waals surface area contributed by atoms with E-state index in [9.17, 15) is 4.79 Å². The van der Waals surface area contributed by atoms with Crippen molar-refractivity contribution < 1.29 is 4.79 Å². The van der Waals surface area contributed by atoms with E-state index >= 15 is 0 Å². The van der Waals surface area contributed by atoms with Gasteiger partial charge in [0.1, 0.15) is 0 Å². The number of nitrogens with zero attached hydrogens (tertiary/aromatic N) is 4. The molecule has 4 rings (SSSR count). The summed E-state index contributed by atoms with van der Waals surface area (Å²) in [5.74, 6) is 1.29. The van der Waals surface area contributed by atoms with Crippen LogP contribution in [0.4, 0.5) is 17.2 Å². The largest absolute Gasteiger partial charge is 0.378 e. The van der Waals surface area contributed by atoms with E-state index in [-0.39, 0.29) is 5.91 Å². The molecule has 0 radical (unpaired) electrons. The number of nitrogens with one attached hydrogen (secondary N) is 1. The van der Waals surface area contributed by atoms with E-state index in [0.29, 0.717) is 11.6 Å². The lowest BCUT2D eigenvalue weighted by atomic mass is 9.90. The summed E-state index contributed by atoms with van der Waals surface area (Å²) in [5.41, 5.74) is 3.54. The quantitative estimate of drug-likeness (QED) is 0.652. The number of benzene rings is 2. The van der Waals surface area contributed by atoms with Gasteiger partial charge >= 0.3 is 0 Å². The van der Waals surface area contributed by atoms with Crippen LogP contribution in [0, 0.1) is 5.92 Å². The zero-order chi connectivity index (χ0) is 21.6. The van der Waals surface area contributed by atoms with Crippen LogP contribution in [0.5, 0.6) is 0 Å². The average Bonchev–Trinajstić information content (AvgIpc) is 2.81. The van der Waals surface area contributed by atoms with Gasteiger partial charge in [0.2, 0.25) is 0 Å². The maximum atomic E-state index is 12.5. The predicted octanol–water partition coefficient (Wildman–Crippen LogP) is 4.25. The van der Waals surface area contributed by atoms with Gasteiger partial charge in [0.15, 0.2) is 11.5 Å². The molecule has 6 heteroatoms. The molecule has 0 spiro atoms. The SMILES string of the molecule is CN(C)c1ccc(NC(=O)c2ccc(N3CCC(Cc4ccccc4)CC3)nn2)cc1. The topological polar surface area (TPSA) is 61.4 Å². The lowest BCUT2D eigenvalue weighted by Gasteiger charge is -2.32. The zero-order valence-corrected chi connectivity index (χ0v) is 18.2. The minimum atomic E-state index is -0.252. The van der Waals surface area contributed by atoms with E-state index in [0.717, 1.165) is 49.5 Å². The predicted molar refractivity (Wildman–Crippen MR) is 126 cm³/mol. The fraction of sp³-hybridized carbons (Fsp3) is 0.320. The van der Waals surface area contributed by atoms with Crippen LogP contribution in [0.3, 0.4) is 0 Å². The van der Waals surface area contributed by atoms with E-state index in [1.807, 2.05) is 49.3 Å². The Bertz CT molecular complexity index is 979. The van der Waals surface area contributed by atoms with Crippen molar-refractivity contribution in [2.45, 2.75) is 19.3 Å². The molecule has 0 aliphatic carbocycles. The van der Waals surface area contributed by atoms with Crippen molar-refractivity contribution >= 4 is 23.1 Å². The fourth-order valence-corrected chi connectivity index (χ4v) is 3.97. The van der Waals surface area contributed by atoms with Crippen molar-refractivity contribution in [1.29, 1.82) is 0 Å². The third-order valence-electron chi connectivity index (χ3n) is 5.83. The highest BCUT2D eigenvalue weighted by Crippen LogP contribution is 2.24. The first-order chi connectivity index (χ1) is 15.1. The Hall–Kier alpha value is -3.41. The van der Waals surface area contributed by atoms with Gasteiger partial charge < -0.3 is 15.1 Å². The highest BCUT2D eigenvalue weighted by atomic mass is 16.1. The highest BCUT2D eigenvalue weighted by molar-refractivity contribution is 6.02. The van der Waals surface area contributed by atoms with Gasteiger partial charge in [-0.1, -0.05) is 30.3 Å². The molecule has 2 heterocycles. The van der Waals surface area contributed by atoms with Crippen LogP contribution >= 0.6 is 0 Å². The Morgan fingerprint density at radius 2 is 1.68 bits per heavy atom. The molecule has 6 nitrogen and oxygen atoms in total. The third-order valence-corrected chi connectivity index (χ3v) is 5.83. The monoisotopic (exact) mass is 415 g/mol. The molecule has 3 aromatic rings. The van der Waals surface area contributed by atoms with E-state index in [2.05, 4.69) is 50.7 Å². The minimum Gasteiger partial charge on any atom is -0.378 e. The second kappa shape index (κ2) is 9.60. The second-order valence-corrected chi connectivity index (χ2v) is 8.29. The van der Waals surface area contributed by atoms with Crippen molar-refractivity contribution in [3.63, 3.8) is 0 Å². The number of carbonyl (C=O) groups is 1. The third kappa shape index (κ3) is 5.40. The van der Waals surface area contributed by atoms with Crippen molar-refractivity contribution in [3.8, 4) is 0 Å². The summed E-state index contributed by atoms with van der Waals surface area (Å²) < 4.78 is 0. The number of hydrogen-bond acceptors (Lipinski definition) is 5. The Morgan fingerprint density at radius 1 is 0.968 bits per heavy atom. The second-order valence-electron chi connectivity index (χ2n) is 8.29. The zero-order valence-electron chi connectivity index (χ0n) is 18.2. The summed E-state index contributed by atoms with van der Waals surface area (Å²) >= 11 is 0. The summed E-state index contributed by atoms with van der Waals surface area (Å²) in [7, 11) is 3.97. The molecule has 1 N–H and O–H groups in total. The van der Waals surface area contributed by atoms with Crippen LogP contribution in [0.15, 0.2) is 66.7 Å². The molecule has 1 saturated heterocycles. The van der Waals surface area contributed by atoms with Crippen LogP contribution in [0.25, 0.3) is 0 Å². The molecule has 31 heavy (non-hydrogen) atoms. The van der Waals surface area contributed by atoms with Crippen LogP contribution in [0.2, 0.25) is 0 Å². The van der Waals surface area contributed by atoms with Gasteiger partial charge in [-0.3, -0.25) is 4.79 Å². The Kier molecular flexibility index (Phi) is 6.46. The number of rotatable bonds is 6. The summed E-state index contributed by atoms with van der Waals surface area (Å²) in [4.78, 5) is 16.8. The van der Waals surface area contributed by atoms with Gasteiger partial charge in [-0.2, -0.15) is 0 Å². The number of anilines is 3. The molecule has 160 valence electrons. The summed E-state index contributed by atoms with van der Waals surface area (Å²) in [6.07, 6.45) is 3.42. The van der Waals surface area contributed by atoms with E-state index in [1.165, 1.54) is 5.56 Å². The van der Waals surface area contributed by atoms with Gasteiger partial charge in [-0.05, 0) is 67.1 Å². The average molecular weight is 416 g/mol. The molecule has 0 bridgehead atoms. The number of carbonyl (C=O) groups excluding carboxylic acids is 1. The van der Waals surface area contributed by atoms with Gasteiger partial charge in [-0.15, -0.1) is 10.2 Å². The molecule has 0 saturated carbocycles. The lowest BCUT2D eigenvalue weighted by Crippen LogP contribution is -2.35. The van der Waals surface area contributed by atoms with Crippen molar-refractivity contribution in [3.05, 3.63) is 78.0 Å². The van der Waals surface area contributed by atoms with Crippen LogP contribution in [0.1, 0.15) is 28.9 Å². The van der Waals surface area contributed by atoms with E-state index < -0.39 is 0 Å². The smallest absolute Gasteiger partial charge is 0.276 e. The van der Waals surface area contributed by atoms with Gasteiger partial charge in [-0.25, -0.2) is 0 Å². The minimum absolute atomic E-state index is 0.252. The Labute approximate surface area is 183 Å². The van der Waals surface area contributed by atoms with E-state index in [1.54, 1.807) is 6.07 Å². The Balaban J connectivity index is 1.30. The maximum Gasteiger partial charge on any atom is 0.276 e. The highest BCUT2D eigenvalue weighted by Gasteiger charge is 2.21. The molecular formula is C25H29N5O. The van der Waals surface area contributed by atoms with Gasteiger partial charge in [0.05, 0.1) is 0 Å². The number of aromatic nitrogens is 2. The molecule has 0 atom stereocenters. The van der Waals surface area contributed by atoms with Crippen LogP contribution in [-0.4, -0.2) is 43.3 Å². The molecule has 1 fully saturated rings. The normalized spacial score (nSPS) is 14.3. The van der Waals surface area contributed by atoms with Crippen molar-refractivity contribution in [2.75, 3.05) is 42.3 Å². The van der Waals surface area contributed by atoms with Gasteiger partial charge in [0, 0.05) is 38.6 Å². The summed E-state index contributed by atoms with van der Waals surface area (Å²) in [6.45, 7) is 1.94. The molecule has 1 aromatic heterocycles. The molecule has 1 aliphatic heterocycles. The summed E-state index contributed by atoms with van der Waals surface area (Å²) in [6, 6.07) is 22.0. The fourth-order valence-electron chi connectivity index (χ4n) is 3.97. The Morgan fingerprint density at radius 3 is 2.29 bits per heavy atom. The summed E-state index contributed by atoms with van der Waals surface area (Å²) in [5, 5.41) is 11.4. The first kappa shape index (κ1) is 20.8. The maximum absolute atomic E-state index is 12.5. The van der Waals surface area contributed by atoms with Gasteiger partial charge in [0.25, 0.3) is 5.91 Å².